The summed E-state index contributed by atoms with van der Waals surface area (Å²) in [5.74, 6) is -0.356. The topological polar surface area (TPSA) is 38.3 Å². The van der Waals surface area contributed by atoms with Crippen molar-refractivity contribution in [3.05, 3.63) is 57.6 Å². The standard InChI is InChI=1S/C18H16Cl2F3NO2/c1-2-3-7-26-16-14(19)8-11(9-15(16)20)17(25)24-13-6-4-5-12(10-13)18(21,22)23/h4-6,8-10H,2-3,7H2,1H3,(H,24,25). The Hall–Kier alpha value is -1.92. The monoisotopic (exact) mass is 405 g/mol. The van der Waals surface area contributed by atoms with Gasteiger partial charge in [-0.1, -0.05) is 42.6 Å². The number of ether oxygens (including phenoxy) is 1. The van der Waals surface area contributed by atoms with Gasteiger partial charge in [0.2, 0.25) is 0 Å². The van der Waals surface area contributed by atoms with Gasteiger partial charge in [0, 0.05) is 11.3 Å². The van der Waals surface area contributed by atoms with E-state index in [9.17, 15) is 18.0 Å². The molecule has 0 unspecified atom stereocenters. The van der Waals surface area contributed by atoms with E-state index in [0.29, 0.717) is 6.61 Å². The summed E-state index contributed by atoms with van der Waals surface area (Å²) in [5, 5.41) is 2.71. The van der Waals surface area contributed by atoms with Crippen molar-refractivity contribution in [1.82, 2.24) is 0 Å². The molecule has 0 aliphatic carbocycles. The summed E-state index contributed by atoms with van der Waals surface area (Å²) in [6.07, 6.45) is -2.73. The fraction of sp³-hybridized carbons (Fsp3) is 0.278. The summed E-state index contributed by atoms with van der Waals surface area (Å²) < 4.78 is 43.7. The Morgan fingerprint density at radius 3 is 2.38 bits per heavy atom. The minimum Gasteiger partial charge on any atom is -0.490 e. The quantitative estimate of drug-likeness (QED) is 0.561. The molecule has 0 heterocycles. The molecule has 0 fully saturated rings. The zero-order valence-electron chi connectivity index (χ0n) is 13.8. The maximum absolute atomic E-state index is 12.7. The number of carbonyl (C=O) groups is 1. The Balaban J connectivity index is 2.17. The van der Waals surface area contributed by atoms with Crippen LogP contribution >= 0.6 is 23.2 Å². The number of halogens is 5. The van der Waals surface area contributed by atoms with Crippen LogP contribution in [-0.2, 0) is 6.18 Å². The first-order valence-electron chi connectivity index (χ1n) is 7.83. The molecule has 2 rings (SSSR count). The average molecular weight is 406 g/mol. The van der Waals surface area contributed by atoms with E-state index in [-0.39, 0.29) is 27.0 Å². The van der Waals surface area contributed by atoms with Gasteiger partial charge in [-0.2, -0.15) is 13.2 Å². The fourth-order valence-corrected chi connectivity index (χ4v) is 2.72. The average Bonchev–Trinajstić information content (AvgIpc) is 2.56. The third kappa shape index (κ3) is 5.29. The molecule has 0 aromatic heterocycles. The van der Waals surface area contributed by atoms with E-state index in [1.165, 1.54) is 24.3 Å². The highest BCUT2D eigenvalue weighted by Gasteiger charge is 2.30. The molecule has 0 atom stereocenters. The van der Waals surface area contributed by atoms with Gasteiger partial charge in [0.25, 0.3) is 5.91 Å². The summed E-state index contributed by atoms with van der Waals surface area (Å²) in [6.45, 7) is 2.44. The van der Waals surface area contributed by atoms with Crippen LogP contribution in [0.25, 0.3) is 0 Å². The van der Waals surface area contributed by atoms with Crippen LogP contribution < -0.4 is 10.1 Å². The van der Waals surface area contributed by atoms with E-state index in [0.717, 1.165) is 25.0 Å². The Morgan fingerprint density at radius 1 is 1.15 bits per heavy atom. The van der Waals surface area contributed by atoms with E-state index in [4.69, 9.17) is 27.9 Å². The van der Waals surface area contributed by atoms with Gasteiger partial charge < -0.3 is 10.1 Å². The minimum absolute atomic E-state index is 0.0142. The van der Waals surface area contributed by atoms with Gasteiger partial charge in [-0.15, -0.1) is 0 Å². The van der Waals surface area contributed by atoms with Gasteiger partial charge in [0.15, 0.2) is 5.75 Å². The van der Waals surface area contributed by atoms with Crippen molar-refractivity contribution >= 4 is 34.8 Å². The highest BCUT2D eigenvalue weighted by Crippen LogP contribution is 2.35. The smallest absolute Gasteiger partial charge is 0.416 e. The summed E-state index contributed by atoms with van der Waals surface area (Å²) in [4.78, 5) is 12.3. The number of amides is 1. The van der Waals surface area contributed by atoms with Crippen LogP contribution in [0, 0.1) is 0 Å². The van der Waals surface area contributed by atoms with Crippen molar-refractivity contribution in [3.63, 3.8) is 0 Å². The molecule has 0 saturated heterocycles. The largest absolute Gasteiger partial charge is 0.490 e. The lowest BCUT2D eigenvalue weighted by molar-refractivity contribution is -0.137. The number of hydrogen-bond donors (Lipinski definition) is 1. The lowest BCUT2D eigenvalue weighted by Crippen LogP contribution is -2.13. The molecule has 0 aliphatic rings. The first-order valence-corrected chi connectivity index (χ1v) is 8.58. The number of anilines is 1. The molecular weight excluding hydrogens is 390 g/mol. The second-order valence-corrected chi connectivity index (χ2v) is 6.32. The van der Waals surface area contributed by atoms with Crippen LogP contribution in [0.4, 0.5) is 18.9 Å². The summed E-state index contributed by atoms with van der Waals surface area (Å²) in [5.41, 5.74) is -0.730. The Kier molecular flexibility index (Phi) is 6.78. The molecule has 0 bridgehead atoms. The van der Waals surface area contributed by atoms with Gasteiger partial charge in [0.05, 0.1) is 22.2 Å². The number of benzene rings is 2. The Labute approximate surface area is 159 Å². The van der Waals surface area contributed by atoms with Gasteiger partial charge >= 0.3 is 6.18 Å². The lowest BCUT2D eigenvalue weighted by atomic mass is 10.1. The second kappa shape index (κ2) is 8.64. The molecule has 1 N–H and O–H groups in total. The first kappa shape index (κ1) is 20.4. The van der Waals surface area contributed by atoms with Crippen LogP contribution in [0.5, 0.6) is 5.75 Å². The molecule has 2 aromatic carbocycles. The lowest BCUT2D eigenvalue weighted by Gasteiger charge is -2.12. The van der Waals surface area contributed by atoms with Crippen molar-refractivity contribution in [2.24, 2.45) is 0 Å². The molecule has 0 spiro atoms. The highest BCUT2D eigenvalue weighted by atomic mass is 35.5. The Bertz CT molecular complexity index is 771. The second-order valence-electron chi connectivity index (χ2n) is 5.50. The molecule has 8 heteroatoms. The molecule has 0 saturated carbocycles. The highest BCUT2D eigenvalue weighted by molar-refractivity contribution is 6.37. The van der Waals surface area contributed by atoms with Crippen LogP contribution in [0.1, 0.15) is 35.7 Å². The van der Waals surface area contributed by atoms with E-state index in [1.54, 1.807) is 0 Å². The van der Waals surface area contributed by atoms with Gasteiger partial charge in [-0.25, -0.2) is 0 Å². The van der Waals surface area contributed by atoms with E-state index in [1.807, 2.05) is 6.92 Å². The molecule has 0 aliphatic heterocycles. The predicted molar refractivity (Wildman–Crippen MR) is 96.3 cm³/mol. The zero-order chi connectivity index (χ0) is 19.3. The maximum Gasteiger partial charge on any atom is 0.416 e. The number of carbonyl (C=O) groups excluding carboxylic acids is 1. The zero-order valence-corrected chi connectivity index (χ0v) is 15.3. The third-order valence-corrected chi connectivity index (χ3v) is 4.01. The van der Waals surface area contributed by atoms with Gasteiger partial charge in [-0.3, -0.25) is 4.79 Å². The molecule has 26 heavy (non-hydrogen) atoms. The third-order valence-electron chi connectivity index (χ3n) is 3.45. The van der Waals surface area contributed by atoms with Crippen molar-refractivity contribution in [2.75, 3.05) is 11.9 Å². The summed E-state index contributed by atoms with van der Waals surface area (Å²) in [7, 11) is 0. The number of unbranched alkanes of at least 4 members (excludes halogenated alkanes) is 1. The van der Waals surface area contributed by atoms with Gasteiger partial charge in [0.1, 0.15) is 0 Å². The minimum atomic E-state index is -4.50. The number of nitrogens with one attached hydrogen (secondary N) is 1. The SMILES string of the molecule is CCCCOc1c(Cl)cc(C(=O)Nc2cccc(C(F)(F)F)c2)cc1Cl. The molecule has 0 radical (unpaired) electrons. The first-order chi connectivity index (χ1) is 12.2. The normalized spacial score (nSPS) is 11.3. The van der Waals surface area contributed by atoms with Crippen molar-refractivity contribution < 1.29 is 22.7 Å². The van der Waals surface area contributed by atoms with Crippen LogP contribution in [0.3, 0.4) is 0 Å². The van der Waals surface area contributed by atoms with Crippen LogP contribution in [-0.4, -0.2) is 12.5 Å². The predicted octanol–water partition coefficient (Wildman–Crippen LogP) is 6.44. The van der Waals surface area contributed by atoms with Crippen molar-refractivity contribution in [1.29, 1.82) is 0 Å². The van der Waals surface area contributed by atoms with E-state index in [2.05, 4.69) is 5.32 Å². The van der Waals surface area contributed by atoms with Crippen LogP contribution in [0.2, 0.25) is 10.0 Å². The fourth-order valence-electron chi connectivity index (χ4n) is 2.12. The molecule has 1 amide bonds. The molecular formula is C18H16Cl2F3NO2. The van der Waals surface area contributed by atoms with E-state index < -0.39 is 17.6 Å². The molecule has 2 aromatic rings. The molecule has 140 valence electrons. The van der Waals surface area contributed by atoms with Crippen molar-refractivity contribution in [3.8, 4) is 5.75 Å². The number of hydrogen-bond acceptors (Lipinski definition) is 2. The molecule has 3 nitrogen and oxygen atoms in total. The van der Waals surface area contributed by atoms with Crippen molar-refractivity contribution in [2.45, 2.75) is 25.9 Å². The van der Waals surface area contributed by atoms with Gasteiger partial charge in [-0.05, 0) is 36.8 Å². The number of rotatable bonds is 6. The Morgan fingerprint density at radius 2 is 1.81 bits per heavy atom. The van der Waals surface area contributed by atoms with Crippen LogP contribution in [0.15, 0.2) is 36.4 Å². The summed E-state index contributed by atoms with van der Waals surface area (Å²) >= 11 is 12.2. The van der Waals surface area contributed by atoms with E-state index >= 15 is 0 Å². The maximum atomic E-state index is 12.7. The number of alkyl halides is 3. The summed E-state index contributed by atoms with van der Waals surface area (Å²) in [6, 6.07) is 7.06.